The van der Waals surface area contributed by atoms with E-state index in [4.69, 9.17) is 4.74 Å². The molecule has 25 heavy (non-hydrogen) atoms. The Morgan fingerprint density at radius 1 is 1.36 bits per heavy atom. The molecule has 0 atom stereocenters. The van der Waals surface area contributed by atoms with Crippen molar-refractivity contribution in [2.45, 2.75) is 45.9 Å². The maximum Gasteiger partial charge on any atom is 0.272 e. The van der Waals surface area contributed by atoms with Gasteiger partial charge in [0, 0.05) is 49.9 Å². The number of aromatic nitrogens is 2. The zero-order valence-corrected chi connectivity index (χ0v) is 15.3. The van der Waals surface area contributed by atoms with Crippen molar-refractivity contribution in [3.8, 4) is 5.75 Å². The van der Waals surface area contributed by atoms with Gasteiger partial charge in [-0.3, -0.25) is 9.48 Å². The van der Waals surface area contributed by atoms with Crippen LogP contribution in [0, 0.1) is 0 Å². The smallest absolute Gasteiger partial charge is 0.272 e. The van der Waals surface area contributed by atoms with Crippen LogP contribution < -0.4 is 15.4 Å². The maximum atomic E-state index is 12.6. The summed E-state index contributed by atoms with van der Waals surface area (Å²) in [7, 11) is 1.90. The van der Waals surface area contributed by atoms with E-state index < -0.39 is 0 Å². The number of benzene rings is 1. The molecule has 0 saturated heterocycles. The molecule has 6 nitrogen and oxygen atoms in total. The molecule has 1 aromatic heterocycles. The number of aryl methyl sites for hydroxylation is 1. The van der Waals surface area contributed by atoms with Crippen LogP contribution in [0.1, 0.15) is 48.1 Å². The lowest BCUT2D eigenvalue weighted by atomic mass is 10.1. The number of nitrogens with one attached hydrogen (secondary N) is 2. The predicted molar refractivity (Wildman–Crippen MR) is 96.6 cm³/mol. The first-order chi connectivity index (χ1) is 11.8. The summed E-state index contributed by atoms with van der Waals surface area (Å²) >= 11 is 0. The van der Waals surface area contributed by atoms with Crippen LogP contribution in [0.2, 0.25) is 0 Å². The molecule has 2 heterocycles. The van der Waals surface area contributed by atoms with Gasteiger partial charge in [0.2, 0.25) is 0 Å². The molecular weight excluding hydrogens is 316 g/mol. The topological polar surface area (TPSA) is 68.2 Å². The first-order valence-electron chi connectivity index (χ1n) is 8.66. The minimum atomic E-state index is -0.286. The number of ether oxygens (including phenoxy) is 1. The molecule has 0 bridgehead atoms. The van der Waals surface area contributed by atoms with E-state index in [9.17, 15) is 4.79 Å². The van der Waals surface area contributed by atoms with Crippen molar-refractivity contribution < 1.29 is 9.53 Å². The van der Waals surface area contributed by atoms with Gasteiger partial charge in [0.1, 0.15) is 11.4 Å². The van der Waals surface area contributed by atoms with Gasteiger partial charge in [-0.1, -0.05) is 18.2 Å². The van der Waals surface area contributed by atoms with Gasteiger partial charge in [0.25, 0.3) is 5.91 Å². The summed E-state index contributed by atoms with van der Waals surface area (Å²) in [4.78, 5) is 12.6. The van der Waals surface area contributed by atoms with Gasteiger partial charge in [-0.25, -0.2) is 0 Å². The van der Waals surface area contributed by atoms with Crippen LogP contribution in [0.3, 0.4) is 0 Å². The van der Waals surface area contributed by atoms with Gasteiger partial charge in [-0.2, -0.15) is 5.10 Å². The van der Waals surface area contributed by atoms with E-state index >= 15 is 0 Å². The molecule has 0 spiro atoms. The number of para-hydroxylation sites is 1. The summed E-state index contributed by atoms with van der Waals surface area (Å²) in [5.74, 6) is 0.645. The molecule has 6 heteroatoms. The Hall–Kier alpha value is -2.34. The van der Waals surface area contributed by atoms with Gasteiger partial charge in [-0.15, -0.1) is 0 Å². The van der Waals surface area contributed by atoms with E-state index in [0.717, 1.165) is 35.5 Å². The molecule has 2 aromatic rings. The molecule has 0 saturated carbocycles. The summed E-state index contributed by atoms with van der Waals surface area (Å²) in [6.45, 7) is 8.05. The molecule has 3 rings (SSSR count). The molecule has 2 N–H and O–H groups in total. The van der Waals surface area contributed by atoms with Crippen molar-refractivity contribution in [1.29, 1.82) is 0 Å². The quantitative estimate of drug-likeness (QED) is 0.894. The third-order valence-electron chi connectivity index (χ3n) is 4.16. The van der Waals surface area contributed by atoms with Gasteiger partial charge >= 0.3 is 0 Å². The third kappa shape index (κ3) is 4.02. The standard InChI is InChI=1S/C19H26N4O2/c1-19(2,3)25-16-8-6-5-7-13(16)11-21-18(24)17-14-12-20-10-9-15(14)23(4)22-17/h5-8,20H,9-12H2,1-4H3,(H,21,24). The van der Waals surface area contributed by atoms with Crippen LogP contribution in [-0.2, 0) is 26.6 Å². The summed E-state index contributed by atoms with van der Waals surface area (Å²) in [6.07, 6.45) is 0.897. The molecule has 1 aromatic carbocycles. The lowest BCUT2D eigenvalue weighted by molar-refractivity contribution is 0.0942. The van der Waals surface area contributed by atoms with Crippen molar-refractivity contribution in [3.05, 3.63) is 46.8 Å². The Morgan fingerprint density at radius 2 is 2.12 bits per heavy atom. The number of carbonyl (C=O) groups is 1. The molecule has 0 aliphatic carbocycles. The Balaban J connectivity index is 1.74. The summed E-state index contributed by atoms with van der Waals surface area (Å²) in [5.41, 5.74) is 3.32. The average Bonchev–Trinajstić information content (AvgIpc) is 2.90. The summed E-state index contributed by atoms with van der Waals surface area (Å²) in [5, 5.41) is 10.7. The fourth-order valence-electron chi connectivity index (χ4n) is 3.04. The third-order valence-corrected chi connectivity index (χ3v) is 4.16. The van der Waals surface area contributed by atoms with Crippen molar-refractivity contribution in [2.24, 2.45) is 7.05 Å². The number of hydrogen-bond donors (Lipinski definition) is 2. The molecule has 0 fully saturated rings. The summed E-state index contributed by atoms with van der Waals surface area (Å²) in [6, 6.07) is 7.78. The highest BCUT2D eigenvalue weighted by Gasteiger charge is 2.23. The zero-order valence-electron chi connectivity index (χ0n) is 15.3. The second-order valence-electron chi connectivity index (χ2n) is 7.33. The Labute approximate surface area is 148 Å². The highest BCUT2D eigenvalue weighted by molar-refractivity contribution is 5.94. The molecular formula is C19H26N4O2. The normalized spacial score (nSPS) is 14.1. The van der Waals surface area contributed by atoms with Gasteiger partial charge in [-0.05, 0) is 26.8 Å². The van der Waals surface area contributed by atoms with E-state index in [2.05, 4.69) is 15.7 Å². The van der Waals surface area contributed by atoms with E-state index in [1.165, 1.54) is 0 Å². The van der Waals surface area contributed by atoms with E-state index in [0.29, 0.717) is 18.8 Å². The van der Waals surface area contributed by atoms with Gasteiger partial charge in [0.15, 0.2) is 5.69 Å². The van der Waals surface area contributed by atoms with Crippen LogP contribution in [0.25, 0.3) is 0 Å². The van der Waals surface area contributed by atoms with Crippen LogP contribution in [-0.4, -0.2) is 27.8 Å². The zero-order chi connectivity index (χ0) is 18.0. The van der Waals surface area contributed by atoms with Crippen LogP contribution in [0.5, 0.6) is 5.75 Å². The average molecular weight is 342 g/mol. The Morgan fingerprint density at radius 3 is 2.88 bits per heavy atom. The Bertz CT molecular complexity index is 774. The largest absolute Gasteiger partial charge is 0.488 e. The Kier molecular flexibility index (Phi) is 4.81. The maximum absolute atomic E-state index is 12.6. The molecule has 0 radical (unpaired) electrons. The molecule has 1 amide bonds. The van der Waals surface area contributed by atoms with Gasteiger partial charge < -0.3 is 15.4 Å². The number of nitrogens with zero attached hydrogens (tertiary/aromatic N) is 2. The van der Waals surface area contributed by atoms with E-state index in [1.54, 1.807) is 0 Å². The van der Waals surface area contributed by atoms with Crippen molar-refractivity contribution in [2.75, 3.05) is 6.54 Å². The number of hydrogen-bond acceptors (Lipinski definition) is 4. The molecule has 0 unspecified atom stereocenters. The second kappa shape index (κ2) is 6.88. The van der Waals surface area contributed by atoms with E-state index in [1.807, 2.05) is 56.8 Å². The fraction of sp³-hybridized carbons (Fsp3) is 0.474. The molecule has 1 aliphatic heterocycles. The first-order valence-corrected chi connectivity index (χ1v) is 8.66. The summed E-state index contributed by atoms with van der Waals surface area (Å²) < 4.78 is 7.81. The van der Waals surface area contributed by atoms with Gasteiger partial charge in [0.05, 0.1) is 0 Å². The van der Waals surface area contributed by atoms with Crippen molar-refractivity contribution in [3.63, 3.8) is 0 Å². The first kappa shape index (κ1) is 17.5. The number of amides is 1. The number of carbonyl (C=O) groups excluding carboxylic acids is 1. The monoisotopic (exact) mass is 342 g/mol. The highest BCUT2D eigenvalue weighted by atomic mass is 16.5. The van der Waals surface area contributed by atoms with Crippen LogP contribution in [0.15, 0.2) is 24.3 Å². The predicted octanol–water partition coefficient (Wildman–Crippen LogP) is 2.17. The van der Waals surface area contributed by atoms with E-state index in [-0.39, 0.29) is 11.5 Å². The second-order valence-corrected chi connectivity index (χ2v) is 7.33. The lowest BCUT2D eigenvalue weighted by Gasteiger charge is -2.23. The SMILES string of the molecule is Cn1nc(C(=O)NCc2ccccc2OC(C)(C)C)c2c1CCNC2. The minimum Gasteiger partial charge on any atom is -0.488 e. The molecule has 134 valence electrons. The van der Waals surface area contributed by atoms with Crippen molar-refractivity contribution in [1.82, 2.24) is 20.4 Å². The number of rotatable bonds is 4. The minimum absolute atomic E-state index is 0.147. The van der Waals surface area contributed by atoms with Crippen LogP contribution >= 0.6 is 0 Å². The molecule has 1 aliphatic rings. The van der Waals surface area contributed by atoms with Crippen molar-refractivity contribution >= 4 is 5.91 Å². The van der Waals surface area contributed by atoms with Crippen LogP contribution in [0.4, 0.5) is 0 Å². The number of fused-ring (bicyclic) bond motifs is 1. The lowest BCUT2D eigenvalue weighted by Crippen LogP contribution is -2.29. The highest BCUT2D eigenvalue weighted by Crippen LogP contribution is 2.23. The fourth-order valence-corrected chi connectivity index (χ4v) is 3.04.